The van der Waals surface area contributed by atoms with Crippen molar-refractivity contribution in [2.24, 2.45) is 11.8 Å². The van der Waals surface area contributed by atoms with Crippen LogP contribution < -0.4 is 0 Å². The van der Waals surface area contributed by atoms with Crippen molar-refractivity contribution in [1.82, 2.24) is 0 Å². The van der Waals surface area contributed by atoms with Crippen molar-refractivity contribution in [1.29, 1.82) is 0 Å². The molecule has 1 aliphatic carbocycles. The first-order valence-corrected chi connectivity index (χ1v) is 9.34. The normalized spacial score (nSPS) is 22.2. The van der Waals surface area contributed by atoms with Gasteiger partial charge >= 0.3 is 5.97 Å². The SMILES string of the molecule is CCCCC[C@@H]1CCCC[C@H]1CCCCCCC(=O)OC. The zero-order chi connectivity index (χ0) is 15.3. The first-order valence-electron chi connectivity index (χ1n) is 9.34. The molecule has 124 valence electrons. The number of unbranched alkanes of at least 4 members (excludes halogenated alkanes) is 5. The molecule has 1 rings (SSSR count). The van der Waals surface area contributed by atoms with Crippen LogP contribution in [0.15, 0.2) is 0 Å². The van der Waals surface area contributed by atoms with E-state index in [9.17, 15) is 4.79 Å². The number of esters is 1. The highest BCUT2D eigenvalue weighted by Gasteiger charge is 2.23. The minimum Gasteiger partial charge on any atom is -0.469 e. The van der Waals surface area contributed by atoms with Crippen LogP contribution in [0, 0.1) is 11.8 Å². The Kier molecular flexibility index (Phi) is 10.6. The minimum atomic E-state index is -0.0572. The Morgan fingerprint density at radius 1 is 0.905 bits per heavy atom. The Labute approximate surface area is 132 Å². The second-order valence-corrected chi connectivity index (χ2v) is 6.83. The molecule has 0 aromatic carbocycles. The molecule has 0 unspecified atom stereocenters. The van der Waals surface area contributed by atoms with Crippen molar-refractivity contribution in [3.63, 3.8) is 0 Å². The van der Waals surface area contributed by atoms with Crippen LogP contribution in [0.3, 0.4) is 0 Å². The first-order chi connectivity index (χ1) is 10.3. The van der Waals surface area contributed by atoms with Gasteiger partial charge in [0.1, 0.15) is 0 Å². The van der Waals surface area contributed by atoms with E-state index >= 15 is 0 Å². The molecule has 0 aromatic rings. The van der Waals surface area contributed by atoms with Crippen LogP contribution in [0.2, 0.25) is 0 Å². The number of hydrogen-bond acceptors (Lipinski definition) is 2. The van der Waals surface area contributed by atoms with Gasteiger partial charge in [0, 0.05) is 6.42 Å². The Balaban J connectivity index is 2.08. The second kappa shape index (κ2) is 12.1. The molecule has 0 bridgehead atoms. The number of carbonyl (C=O) groups is 1. The first kappa shape index (κ1) is 18.5. The summed E-state index contributed by atoms with van der Waals surface area (Å²) in [6.07, 6.45) is 18.4. The third-order valence-electron chi connectivity index (χ3n) is 5.18. The van der Waals surface area contributed by atoms with Gasteiger partial charge in [-0.25, -0.2) is 0 Å². The molecule has 1 fully saturated rings. The molecular weight excluding hydrogens is 260 g/mol. The fourth-order valence-corrected chi connectivity index (χ4v) is 3.83. The highest BCUT2D eigenvalue weighted by atomic mass is 16.5. The van der Waals surface area contributed by atoms with Gasteiger partial charge in [0.05, 0.1) is 7.11 Å². The molecule has 0 amide bonds. The number of rotatable bonds is 11. The van der Waals surface area contributed by atoms with Crippen molar-refractivity contribution in [2.45, 2.75) is 96.8 Å². The molecule has 2 nitrogen and oxygen atoms in total. The van der Waals surface area contributed by atoms with E-state index in [0.717, 1.165) is 18.3 Å². The van der Waals surface area contributed by atoms with E-state index in [1.54, 1.807) is 0 Å². The monoisotopic (exact) mass is 296 g/mol. The van der Waals surface area contributed by atoms with Gasteiger partial charge in [-0.2, -0.15) is 0 Å². The summed E-state index contributed by atoms with van der Waals surface area (Å²) in [5.41, 5.74) is 0. The second-order valence-electron chi connectivity index (χ2n) is 6.83. The summed E-state index contributed by atoms with van der Waals surface area (Å²) >= 11 is 0. The van der Waals surface area contributed by atoms with E-state index in [-0.39, 0.29) is 5.97 Å². The van der Waals surface area contributed by atoms with Gasteiger partial charge in [0.25, 0.3) is 0 Å². The van der Waals surface area contributed by atoms with E-state index in [0.29, 0.717) is 6.42 Å². The molecule has 1 saturated carbocycles. The van der Waals surface area contributed by atoms with Gasteiger partial charge in [-0.1, -0.05) is 84.0 Å². The van der Waals surface area contributed by atoms with Gasteiger partial charge in [-0.3, -0.25) is 4.79 Å². The molecule has 0 aromatic heterocycles. The molecule has 1 aliphatic rings. The largest absolute Gasteiger partial charge is 0.469 e. The van der Waals surface area contributed by atoms with Crippen LogP contribution in [0.5, 0.6) is 0 Å². The predicted molar refractivity (Wildman–Crippen MR) is 89.3 cm³/mol. The quantitative estimate of drug-likeness (QED) is 0.351. The summed E-state index contributed by atoms with van der Waals surface area (Å²) in [6, 6.07) is 0. The maximum atomic E-state index is 11.0. The lowest BCUT2D eigenvalue weighted by molar-refractivity contribution is -0.140. The smallest absolute Gasteiger partial charge is 0.305 e. The molecule has 0 spiro atoms. The Hall–Kier alpha value is -0.530. The summed E-state index contributed by atoms with van der Waals surface area (Å²) < 4.78 is 4.67. The fraction of sp³-hybridized carbons (Fsp3) is 0.947. The molecule has 2 heteroatoms. The third-order valence-corrected chi connectivity index (χ3v) is 5.18. The van der Waals surface area contributed by atoms with E-state index in [1.807, 2.05) is 0 Å². The highest BCUT2D eigenvalue weighted by Crippen LogP contribution is 2.36. The maximum absolute atomic E-state index is 11.0. The molecule has 0 heterocycles. The van der Waals surface area contributed by atoms with Crippen LogP contribution >= 0.6 is 0 Å². The number of methoxy groups -OCH3 is 1. The average molecular weight is 296 g/mol. The zero-order valence-electron chi connectivity index (χ0n) is 14.4. The van der Waals surface area contributed by atoms with E-state index in [4.69, 9.17) is 0 Å². The van der Waals surface area contributed by atoms with Gasteiger partial charge in [0.2, 0.25) is 0 Å². The lowest BCUT2D eigenvalue weighted by atomic mass is 9.74. The average Bonchev–Trinajstić information content (AvgIpc) is 2.52. The van der Waals surface area contributed by atoms with Crippen molar-refractivity contribution < 1.29 is 9.53 Å². The lowest BCUT2D eigenvalue weighted by Gasteiger charge is -2.32. The fourth-order valence-electron chi connectivity index (χ4n) is 3.83. The van der Waals surface area contributed by atoms with Gasteiger partial charge in [0.15, 0.2) is 0 Å². The van der Waals surface area contributed by atoms with E-state index in [2.05, 4.69) is 11.7 Å². The third kappa shape index (κ3) is 8.48. The lowest BCUT2D eigenvalue weighted by Crippen LogP contribution is -2.19. The van der Waals surface area contributed by atoms with Crippen LogP contribution in [-0.2, 0) is 9.53 Å². The Morgan fingerprint density at radius 2 is 1.48 bits per heavy atom. The topological polar surface area (TPSA) is 26.3 Å². The van der Waals surface area contributed by atoms with Gasteiger partial charge in [-0.05, 0) is 18.3 Å². The Bertz CT molecular complexity index is 262. The Morgan fingerprint density at radius 3 is 2.05 bits per heavy atom. The van der Waals surface area contributed by atoms with Gasteiger partial charge < -0.3 is 4.74 Å². The highest BCUT2D eigenvalue weighted by molar-refractivity contribution is 5.68. The molecular formula is C19H36O2. The molecule has 2 atom stereocenters. The maximum Gasteiger partial charge on any atom is 0.305 e. The number of ether oxygens (including phenoxy) is 1. The van der Waals surface area contributed by atoms with Crippen molar-refractivity contribution in [2.75, 3.05) is 7.11 Å². The van der Waals surface area contributed by atoms with Crippen LogP contribution in [0.1, 0.15) is 96.8 Å². The summed E-state index contributed by atoms with van der Waals surface area (Å²) in [4.78, 5) is 11.0. The summed E-state index contributed by atoms with van der Waals surface area (Å²) in [6.45, 7) is 2.30. The standard InChI is InChI=1S/C19H36O2/c1-3-4-7-12-17-14-10-11-15-18(17)13-8-5-6-9-16-19(20)21-2/h17-18H,3-16H2,1-2H3/t17-,18-/m1/s1. The predicted octanol–water partition coefficient (Wildman–Crippen LogP) is 5.89. The van der Waals surface area contributed by atoms with Crippen LogP contribution in [0.4, 0.5) is 0 Å². The van der Waals surface area contributed by atoms with Crippen LogP contribution in [-0.4, -0.2) is 13.1 Å². The van der Waals surface area contributed by atoms with E-state index < -0.39 is 0 Å². The summed E-state index contributed by atoms with van der Waals surface area (Å²) in [7, 11) is 1.48. The van der Waals surface area contributed by atoms with Crippen molar-refractivity contribution >= 4 is 5.97 Å². The van der Waals surface area contributed by atoms with Crippen molar-refractivity contribution in [3.05, 3.63) is 0 Å². The molecule has 21 heavy (non-hydrogen) atoms. The number of carbonyl (C=O) groups excluding carboxylic acids is 1. The minimum absolute atomic E-state index is 0.0572. The zero-order valence-corrected chi connectivity index (χ0v) is 14.4. The molecule has 0 saturated heterocycles. The van der Waals surface area contributed by atoms with E-state index in [1.165, 1.54) is 84.2 Å². The van der Waals surface area contributed by atoms with Crippen molar-refractivity contribution in [3.8, 4) is 0 Å². The number of hydrogen-bond donors (Lipinski definition) is 0. The molecule has 0 radical (unpaired) electrons. The summed E-state index contributed by atoms with van der Waals surface area (Å²) in [5, 5.41) is 0. The van der Waals surface area contributed by atoms with Crippen LogP contribution in [0.25, 0.3) is 0 Å². The summed E-state index contributed by atoms with van der Waals surface area (Å²) in [5.74, 6) is 1.95. The molecule has 0 N–H and O–H groups in total. The van der Waals surface area contributed by atoms with Gasteiger partial charge in [-0.15, -0.1) is 0 Å². The molecule has 0 aliphatic heterocycles.